The Morgan fingerprint density at radius 2 is 2.06 bits per heavy atom. The fourth-order valence-corrected chi connectivity index (χ4v) is 1.55. The van der Waals surface area contributed by atoms with Crippen LogP contribution in [0.25, 0.3) is 0 Å². The van der Waals surface area contributed by atoms with Crippen LogP contribution in [0.3, 0.4) is 0 Å². The highest BCUT2D eigenvalue weighted by molar-refractivity contribution is 6.30. The molecule has 18 heavy (non-hydrogen) atoms. The van der Waals surface area contributed by atoms with Gasteiger partial charge in [0, 0.05) is 11.6 Å². The highest BCUT2D eigenvalue weighted by atomic mass is 35.5. The van der Waals surface area contributed by atoms with Crippen LogP contribution in [0.1, 0.15) is 5.56 Å². The number of hydrogen-bond acceptors (Lipinski definition) is 2. The molecular formula is C11H16ClN5O. The van der Waals surface area contributed by atoms with Gasteiger partial charge in [0.05, 0.1) is 7.11 Å². The highest BCUT2D eigenvalue weighted by Gasteiger charge is 2.03. The minimum Gasteiger partial charge on any atom is -0.496 e. The lowest BCUT2D eigenvalue weighted by atomic mass is 10.1. The molecule has 1 rings (SSSR count). The standard InChI is InChI=1S/C11H16ClN5O/c1-18-9-6-8(12)3-2-7(9)4-5-16-11(15)17-10(13)14/h2-3,6H,4-5H2,1H3,(H6,13,14,15,16,17). The van der Waals surface area contributed by atoms with E-state index in [1.165, 1.54) is 0 Å². The maximum Gasteiger partial charge on any atom is 0.218 e. The van der Waals surface area contributed by atoms with E-state index in [1.807, 2.05) is 6.07 Å². The molecule has 0 aliphatic carbocycles. The number of rotatable bonds is 4. The van der Waals surface area contributed by atoms with Crippen LogP contribution in [0.2, 0.25) is 5.02 Å². The van der Waals surface area contributed by atoms with Gasteiger partial charge in [-0.1, -0.05) is 17.7 Å². The van der Waals surface area contributed by atoms with Crippen molar-refractivity contribution in [1.82, 2.24) is 0 Å². The summed E-state index contributed by atoms with van der Waals surface area (Å²) < 4.78 is 5.22. The maximum absolute atomic E-state index is 5.86. The van der Waals surface area contributed by atoms with Gasteiger partial charge in [0.25, 0.3) is 0 Å². The first kappa shape index (κ1) is 14.1. The summed E-state index contributed by atoms with van der Waals surface area (Å²) in [6.45, 7) is 0.459. The topological polar surface area (TPSA) is 112 Å². The van der Waals surface area contributed by atoms with Gasteiger partial charge < -0.3 is 21.9 Å². The van der Waals surface area contributed by atoms with Crippen LogP contribution in [0.15, 0.2) is 28.2 Å². The van der Waals surface area contributed by atoms with Crippen molar-refractivity contribution in [2.45, 2.75) is 6.42 Å². The molecule has 0 spiro atoms. The summed E-state index contributed by atoms with van der Waals surface area (Å²) in [5, 5.41) is 0.624. The van der Waals surface area contributed by atoms with Crippen LogP contribution in [0.4, 0.5) is 0 Å². The fraction of sp³-hybridized carbons (Fsp3) is 0.273. The predicted molar refractivity (Wildman–Crippen MR) is 74.0 cm³/mol. The van der Waals surface area contributed by atoms with Gasteiger partial charge in [0.2, 0.25) is 5.96 Å². The second-order valence-corrected chi connectivity index (χ2v) is 3.92. The molecule has 6 nitrogen and oxygen atoms in total. The largest absolute Gasteiger partial charge is 0.496 e. The minimum atomic E-state index is -0.111. The quantitative estimate of drug-likeness (QED) is 0.545. The number of ether oxygens (including phenoxy) is 1. The molecule has 0 amide bonds. The molecule has 1 aromatic carbocycles. The van der Waals surface area contributed by atoms with E-state index >= 15 is 0 Å². The number of hydrogen-bond donors (Lipinski definition) is 3. The molecule has 7 heteroatoms. The molecule has 0 atom stereocenters. The van der Waals surface area contributed by atoms with Crippen LogP contribution in [0, 0.1) is 0 Å². The number of aliphatic imine (C=N–C) groups is 2. The number of methoxy groups -OCH3 is 1. The third kappa shape index (κ3) is 4.50. The zero-order chi connectivity index (χ0) is 13.5. The van der Waals surface area contributed by atoms with Gasteiger partial charge in [-0.05, 0) is 24.1 Å². The molecule has 0 saturated heterocycles. The van der Waals surface area contributed by atoms with Crippen molar-refractivity contribution in [2.75, 3.05) is 13.7 Å². The van der Waals surface area contributed by atoms with Gasteiger partial charge in [-0.25, -0.2) is 0 Å². The van der Waals surface area contributed by atoms with E-state index in [2.05, 4.69) is 9.98 Å². The molecule has 0 fully saturated rings. The Balaban J connectivity index is 2.67. The van der Waals surface area contributed by atoms with Crippen LogP contribution in [0.5, 0.6) is 5.75 Å². The number of halogens is 1. The minimum absolute atomic E-state index is 0.0583. The summed E-state index contributed by atoms with van der Waals surface area (Å²) in [7, 11) is 1.59. The molecule has 1 aromatic rings. The van der Waals surface area contributed by atoms with E-state index in [0.717, 1.165) is 11.3 Å². The van der Waals surface area contributed by atoms with Crippen molar-refractivity contribution in [3.05, 3.63) is 28.8 Å². The average Bonchev–Trinajstić information content (AvgIpc) is 2.30. The molecule has 0 aromatic heterocycles. The molecule has 0 heterocycles. The summed E-state index contributed by atoms with van der Waals surface area (Å²) in [5.41, 5.74) is 16.8. The van der Waals surface area contributed by atoms with E-state index in [4.69, 9.17) is 33.5 Å². The van der Waals surface area contributed by atoms with E-state index in [1.54, 1.807) is 19.2 Å². The molecular weight excluding hydrogens is 254 g/mol. The Kier molecular flexibility index (Phi) is 5.26. The monoisotopic (exact) mass is 269 g/mol. The first-order chi connectivity index (χ1) is 8.52. The van der Waals surface area contributed by atoms with Crippen molar-refractivity contribution >= 4 is 23.5 Å². The van der Waals surface area contributed by atoms with Crippen molar-refractivity contribution < 1.29 is 4.74 Å². The zero-order valence-corrected chi connectivity index (χ0v) is 10.8. The average molecular weight is 270 g/mol. The van der Waals surface area contributed by atoms with E-state index in [0.29, 0.717) is 18.0 Å². The predicted octanol–water partition coefficient (Wildman–Crippen LogP) is 0.479. The molecule has 0 aliphatic heterocycles. The second-order valence-electron chi connectivity index (χ2n) is 3.48. The molecule has 0 aliphatic rings. The lowest BCUT2D eigenvalue weighted by molar-refractivity contribution is 0.410. The summed E-state index contributed by atoms with van der Waals surface area (Å²) >= 11 is 5.86. The smallest absolute Gasteiger partial charge is 0.218 e. The van der Waals surface area contributed by atoms with Crippen molar-refractivity contribution in [1.29, 1.82) is 0 Å². The first-order valence-electron chi connectivity index (χ1n) is 5.25. The van der Waals surface area contributed by atoms with Gasteiger partial charge in [-0.15, -0.1) is 0 Å². The Hall–Kier alpha value is -1.95. The van der Waals surface area contributed by atoms with Gasteiger partial charge >= 0.3 is 0 Å². The number of guanidine groups is 2. The Labute approximate surface area is 110 Å². The zero-order valence-electron chi connectivity index (χ0n) is 10.1. The highest BCUT2D eigenvalue weighted by Crippen LogP contribution is 2.23. The van der Waals surface area contributed by atoms with E-state index < -0.39 is 0 Å². The number of nitrogens with two attached hydrogens (primary N) is 3. The first-order valence-corrected chi connectivity index (χ1v) is 5.62. The van der Waals surface area contributed by atoms with Gasteiger partial charge in [0.1, 0.15) is 5.75 Å². The maximum atomic E-state index is 5.86. The normalized spacial score (nSPS) is 11.1. The van der Waals surface area contributed by atoms with Crippen LogP contribution in [-0.4, -0.2) is 25.6 Å². The molecule has 0 saturated carbocycles. The SMILES string of the molecule is COc1cc(Cl)ccc1CCN=C(N)N=C(N)N. The number of nitrogens with zero attached hydrogens (tertiary/aromatic N) is 2. The van der Waals surface area contributed by atoms with Gasteiger partial charge in [0.15, 0.2) is 5.96 Å². The van der Waals surface area contributed by atoms with Crippen molar-refractivity contribution in [3.63, 3.8) is 0 Å². The van der Waals surface area contributed by atoms with Gasteiger partial charge in [-0.2, -0.15) is 4.99 Å². The van der Waals surface area contributed by atoms with E-state index in [9.17, 15) is 0 Å². The number of benzene rings is 1. The molecule has 98 valence electrons. The lowest BCUT2D eigenvalue weighted by Gasteiger charge is -2.07. The van der Waals surface area contributed by atoms with E-state index in [-0.39, 0.29) is 11.9 Å². The summed E-state index contributed by atoms with van der Waals surface area (Å²) in [6, 6.07) is 5.43. The third-order valence-corrected chi connectivity index (χ3v) is 2.38. The molecule has 0 bridgehead atoms. The Morgan fingerprint density at radius 3 is 2.67 bits per heavy atom. The third-order valence-electron chi connectivity index (χ3n) is 2.15. The Bertz CT molecular complexity index is 469. The van der Waals surface area contributed by atoms with Crippen LogP contribution in [-0.2, 0) is 6.42 Å². The fourth-order valence-electron chi connectivity index (χ4n) is 1.38. The van der Waals surface area contributed by atoms with Crippen LogP contribution >= 0.6 is 11.6 Å². The molecule has 6 N–H and O–H groups in total. The second kappa shape index (κ2) is 6.70. The molecule has 0 radical (unpaired) electrons. The summed E-state index contributed by atoms with van der Waals surface area (Å²) in [6.07, 6.45) is 0.654. The van der Waals surface area contributed by atoms with Crippen molar-refractivity contribution in [3.8, 4) is 5.75 Å². The molecule has 0 unspecified atom stereocenters. The van der Waals surface area contributed by atoms with Crippen LogP contribution < -0.4 is 21.9 Å². The summed E-state index contributed by atoms with van der Waals surface area (Å²) in [5.74, 6) is 0.668. The lowest BCUT2D eigenvalue weighted by Crippen LogP contribution is -2.26. The summed E-state index contributed by atoms with van der Waals surface area (Å²) in [4.78, 5) is 7.63. The Morgan fingerprint density at radius 1 is 1.33 bits per heavy atom. The van der Waals surface area contributed by atoms with Crippen molar-refractivity contribution in [2.24, 2.45) is 27.2 Å². The van der Waals surface area contributed by atoms with Gasteiger partial charge in [-0.3, -0.25) is 4.99 Å².